The van der Waals surface area contributed by atoms with Gasteiger partial charge in [0.1, 0.15) is 12.6 Å². The van der Waals surface area contributed by atoms with Crippen LogP contribution in [0.15, 0.2) is 71.7 Å². The van der Waals surface area contributed by atoms with Crippen molar-refractivity contribution in [3.63, 3.8) is 0 Å². The van der Waals surface area contributed by atoms with Crippen molar-refractivity contribution < 1.29 is 19.4 Å². The summed E-state index contributed by atoms with van der Waals surface area (Å²) in [5.74, 6) is -1.33. The highest BCUT2D eigenvalue weighted by Crippen LogP contribution is 2.44. The first-order valence-electron chi connectivity index (χ1n) is 9.55. The maximum Gasteiger partial charge on any atom is 0.407 e. The van der Waals surface area contributed by atoms with Gasteiger partial charge in [-0.25, -0.2) is 9.59 Å². The van der Waals surface area contributed by atoms with Crippen molar-refractivity contribution in [3.8, 4) is 11.1 Å². The van der Waals surface area contributed by atoms with Crippen LogP contribution in [0.2, 0.25) is 0 Å². The fourth-order valence-corrected chi connectivity index (χ4v) is 3.81. The van der Waals surface area contributed by atoms with Crippen LogP contribution >= 0.6 is 0 Å². The van der Waals surface area contributed by atoms with Crippen LogP contribution in [0.5, 0.6) is 0 Å². The van der Waals surface area contributed by atoms with E-state index in [2.05, 4.69) is 10.3 Å². The lowest BCUT2D eigenvalue weighted by Crippen LogP contribution is -2.43. The first kappa shape index (κ1) is 19.4. The molecule has 1 aliphatic rings. The molecule has 4 rings (SSSR count). The molecule has 0 saturated heterocycles. The van der Waals surface area contributed by atoms with Gasteiger partial charge >= 0.3 is 12.1 Å². The van der Waals surface area contributed by atoms with Crippen molar-refractivity contribution in [1.29, 1.82) is 0 Å². The molecule has 7 nitrogen and oxygen atoms in total. The van der Waals surface area contributed by atoms with Crippen LogP contribution in [-0.2, 0) is 16.0 Å². The van der Waals surface area contributed by atoms with Crippen molar-refractivity contribution in [1.82, 2.24) is 10.3 Å². The molecule has 0 unspecified atom stereocenters. The first-order valence-corrected chi connectivity index (χ1v) is 9.55. The SMILES string of the molecule is O=C(N[C@@H](Cc1cc(=O)cc[nH]1)C(=O)O)OCC1c2ccccc2-c2ccccc21. The number of aromatic nitrogens is 1. The number of carbonyl (C=O) groups excluding carboxylic acids is 1. The number of benzene rings is 2. The number of amides is 1. The van der Waals surface area contributed by atoms with E-state index in [0.717, 1.165) is 22.3 Å². The molecule has 0 aliphatic heterocycles. The van der Waals surface area contributed by atoms with E-state index in [4.69, 9.17) is 4.74 Å². The standard InChI is InChI=1S/C23H20N2O5/c26-15-9-10-24-14(11-15)12-21(22(27)28)25-23(29)30-13-20-18-7-3-1-5-16(18)17-6-2-4-8-19(17)20/h1-11,20-21H,12-13H2,(H,24,26)(H,25,29)(H,27,28)/t21-/m0/s1. The fraction of sp³-hybridized carbons (Fsp3) is 0.174. The van der Waals surface area contributed by atoms with Crippen LogP contribution in [0, 0.1) is 0 Å². The van der Waals surface area contributed by atoms with Crippen LogP contribution in [-0.4, -0.2) is 34.8 Å². The number of H-pyrrole nitrogens is 1. The van der Waals surface area contributed by atoms with Crippen LogP contribution in [0.25, 0.3) is 11.1 Å². The summed E-state index contributed by atoms with van der Waals surface area (Å²) >= 11 is 0. The quantitative estimate of drug-likeness (QED) is 0.585. The Hall–Kier alpha value is -3.87. The van der Waals surface area contributed by atoms with Gasteiger partial charge in [-0.05, 0) is 22.3 Å². The molecular weight excluding hydrogens is 384 g/mol. The number of nitrogens with one attached hydrogen (secondary N) is 2. The number of fused-ring (bicyclic) bond motifs is 3. The number of rotatable bonds is 6. The zero-order chi connectivity index (χ0) is 21.1. The largest absolute Gasteiger partial charge is 0.480 e. The molecule has 3 N–H and O–H groups in total. The number of carboxylic acid groups (broad SMARTS) is 1. The second-order valence-electron chi connectivity index (χ2n) is 7.11. The van der Waals surface area contributed by atoms with Gasteiger partial charge in [-0.2, -0.15) is 0 Å². The number of carbonyl (C=O) groups is 2. The first-order chi connectivity index (χ1) is 14.5. The van der Waals surface area contributed by atoms with E-state index in [0.29, 0.717) is 5.69 Å². The summed E-state index contributed by atoms with van der Waals surface area (Å²) < 4.78 is 5.40. The highest BCUT2D eigenvalue weighted by atomic mass is 16.5. The van der Waals surface area contributed by atoms with Crippen molar-refractivity contribution in [3.05, 3.63) is 93.9 Å². The molecule has 152 valence electrons. The molecule has 1 amide bonds. The van der Waals surface area contributed by atoms with Gasteiger partial charge in [-0.15, -0.1) is 0 Å². The molecule has 0 fully saturated rings. The predicted octanol–water partition coefficient (Wildman–Crippen LogP) is 2.91. The Morgan fingerprint density at radius 3 is 2.27 bits per heavy atom. The van der Waals surface area contributed by atoms with Crippen molar-refractivity contribution in [2.24, 2.45) is 0 Å². The minimum Gasteiger partial charge on any atom is -0.480 e. The molecule has 1 atom stereocenters. The Labute approximate surface area is 172 Å². The lowest BCUT2D eigenvalue weighted by atomic mass is 9.98. The van der Waals surface area contributed by atoms with E-state index in [1.165, 1.54) is 18.3 Å². The average Bonchev–Trinajstić information content (AvgIpc) is 3.06. The molecular formula is C23H20N2O5. The minimum absolute atomic E-state index is 0.0599. The van der Waals surface area contributed by atoms with Gasteiger partial charge in [0, 0.05) is 36.4 Å². The Kier molecular flexibility index (Phi) is 5.34. The van der Waals surface area contributed by atoms with Gasteiger partial charge in [-0.1, -0.05) is 48.5 Å². The van der Waals surface area contributed by atoms with E-state index >= 15 is 0 Å². The summed E-state index contributed by atoms with van der Waals surface area (Å²) in [7, 11) is 0. The molecule has 7 heteroatoms. The average molecular weight is 404 g/mol. The number of pyridine rings is 1. The summed E-state index contributed by atoms with van der Waals surface area (Å²) in [6.45, 7) is 0.0916. The molecule has 0 saturated carbocycles. The molecule has 1 aromatic heterocycles. The normalized spacial score (nSPS) is 13.2. The molecule has 1 aliphatic carbocycles. The third-order valence-corrected chi connectivity index (χ3v) is 5.19. The number of hydrogen-bond acceptors (Lipinski definition) is 4. The van der Waals surface area contributed by atoms with Gasteiger partial charge in [0.05, 0.1) is 0 Å². The fourth-order valence-electron chi connectivity index (χ4n) is 3.81. The molecule has 30 heavy (non-hydrogen) atoms. The lowest BCUT2D eigenvalue weighted by molar-refractivity contribution is -0.139. The molecule has 2 aromatic carbocycles. The van der Waals surface area contributed by atoms with Crippen LogP contribution in [0.1, 0.15) is 22.7 Å². The topological polar surface area (TPSA) is 108 Å². The third-order valence-electron chi connectivity index (χ3n) is 5.19. The Morgan fingerprint density at radius 1 is 1.03 bits per heavy atom. The van der Waals surface area contributed by atoms with E-state index in [1.807, 2.05) is 48.5 Å². The predicted molar refractivity (Wildman–Crippen MR) is 110 cm³/mol. The summed E-state index contributed by atoms with van der Waals surface area (Å²) in [6.07, 6.45) is 0.557. The van der Waals surface area contributed by atoms with Gasteiger partial charge in [-0.3, -0.25) is 4.79 Å². The van der Waals surface area contributed by atoms with E-state index in [9.17, 15) is 19.5 Å². The number of hydrogen-bond donors (Lipinski definition) is 3. The Balaban J connectivity index is 1.44. The number of ether oxygens (including phenoxy) is 1. The lowest BCUT2D eigenvalue weighted by Gasteiger charge is -2.17. The van der Waals surface area contributed by atoms with Gasteiger partial charge in [0.15, 0.2) is 5.43 Å². The summed E-state index contributed by atoms with van der Waals surface area (Å²) in [5.41, 5.74) is 4.53. The maximum absolute atomic E-state index is 12.3. The zero-order valence-corrected chi connectivity index (χ0v) is 16.0. The minimum atomic E-state index is -1.22. The second kappa shape index (κ2) is 8.24. The van der Waals surface area contributed by atoms with Gasteiger partial charge < -0.3 is 20.1 Å². The molecule has 3 aromatic rings. The maximum atomic E-state index is 12.3. The Bertz CT molecular complexity index is 1110. The Morgan fingerprint density at radius 2 is 1.67 bits per heavy atom. The van der Waals surface area contributed by atoms with Crippen molar-refractivity contribution in [2.75, 3.05) is 6.61 Å². The molecule has 0 bridgehead atoms. The summed E-state index contributed by atoms with van der Waals surface area (Å²) in [5, 5.41) is 11.8. The smallest absolute Gasteiger partial charge is 0.407 e. The highest BCUT2D eigenvalue weighted by Gasteiger charge is 2.29. The molecule has 0 radical (unpaired) electrons. The van der Waals surface area contributed by atoms with E-state index in [1.54, 1.807) is 0 Å². The van der Waals surface area contributed by atoms with Crippen LogP contribution in [0.3, 0.4) is 0 Å². The van der Waals surface area contributed by atoms with Gasteiger partial charge in [0.2, 0.25) is 0 Å². The number of carboxylic acids is 1. The van der Waals surface area contributed by atoms with E-state index in [-0.39, 0.29) is 24.4 Å². The highest BCUT2D eigenvalue weighted by molar-refractivity contribution is 5.81. The van der Waals surface area contributed by atoms with Crippen LogP contribution < -0.4 is 10.7 Å². The van der Waals surface area contributed by atoms with Gasteiger partial charge in [0.25, 0.3) is 0 Å². The number of aromatic amines is 1. The number of alkyl carbamates (subject to hydrolysis) is 1. The van der Waals surface area contributed by atoms with E-state index < -0.39 is 18.1 Å². The van der Waals surface area contributed by atoms with Crippen molar-refractivity contribution in [2.45, 2.75) is 18.4 Å². The van der Waals surface area contributed by atoms with Crippen molar-refractivity contribution >= 4 is 12.1 Å². The van der Waals surface area contributed by atoms with Crippen LogP contribution in [0.4, 0.5) is 4.79 Å². The number of aliphatic carboxylic acids is 1. The monoisotopic (exact) mass is 404 g/mol. The molecule has 1 heterocycles. The molecule has 0 spiro atoms. The summed E-state index contributed by atoms with van der Waals surface area (Å²) in [4.78, 5) is 38.1. The zero-order valence-electron chi connectivity index (χ0n) is 16.0. The third kappa shape index (κ3) is 3.96. The summed E-state index contributed by atoms with van der Waals surface area (Å²) in [6, 6.07) is 17.3. The second-order valence-corrected chi connectivity index (χ2v) is 7.11.